The number of carbonyl (C=O) groups excluding carboxylic acids is 1. The Bertz CT molecular complexity index is 652. The first-order valence-corrected chi connectivity index (χ1v) is 8.33. The smallest absolute Gasteiger partial charge is 0.255 e. The number of alkyl halides is 2. The van der Waals surface area contributed by atoms with Gasteiger partial charge in [-0.25, -0.2) is 13.9 Å². The molecule has 0 radical (unpaired) electrons. The summed E-state index contributed by atoms with van der Waals surface area (Å²) in [5.74, 6) is -0.219. The fourth-order valence-electron chi connectivity index (χ4n) is 2.15. The van der Waals surface area contributed by atoms with Crippen LogP contribution in [0, 0.1) is 0 Å². The number of aromatic nitrogens is 3. The Morgan fingerprint density at radius 2 is 2.08 bits per heavy atom. The number of hydrogen-bond donors (Lipinski definition) is 2. The zero-order valence-corrected chi connectivity index (χ0v) is 14.0. The molecular weight excluding hydrogens is 336 g/mol. The molecule has 2 aromatic rings. The van der Waals surface area contributed by atoms with Crippen molar-refractivity contribution in [2.45, 2.75) is 36.7 Å². The first kappa shape index (κ1) is 18.2. The van der Waals surface area contributed by atoms with E-state index in [1.54, 1.807) is 12.1 Å². The van der Waals surface area contributed by atoms with Crippen molar-refractivity contribution >= 4 is 23.6 Å². The van der Waals surface area contributed by atoms with E-state index in [4.69, 9.17) is 5.73 Å². The van der Waals surface area contributed by atoms with Crippen LogP contribution >= 0.6 is 11.8 Å². The summed E-state index contributed by atoms with van der Waals surface area (Å²) in [7, 11) is 0. The van der Waals surface area contributed by atoms with Gasteiger partial charge in [0, 0.05) is 6.54 Å². The average molecular weight is 355 g/mol. The van der Waals surface area contributed by atoms with E-state index < -0.39 is 18.2 Å². The van der Waals surface area contributed by atoms with Gasteiger partial charge < -0.3 is 10.6 Å². The summed E-state index contributed by atoms with van der Waals surface area (Å²) in [5.41, 5.74) is 6.26. The number of nitrogens with zero attached hydrogens (tertiary/aromatic N) is 3. The first-order valence-electron chi connectivity index (χ1n) is 7.45. The monoisotopic (exact) mass is 355 g/mol. The molecular formula is C15H19F2N5OS. The Labute approximate surface area is 142 Å². The Balaban J connectivity index is 2.11. The van der Waals surface area contributed by atoms with Crippen LogP contribution in [0.25, 0.3) is 0 Å². The fourth-order valence-corrected chi connectivity index (χ4v) is 3.07. The molecule has 1 aromatic carbocycles. The van der Waals surface area contributed by atoms with Crippen LogP contribution in [0.4, 0.5) is 14.7 Å². The molecule has 0 saturated heterocycles. The van der Waals surface area contributed by atoms with Gasteiger partial charge in [-0.2, -0.15) is 4.98 Å². The number of amides is 1. The lowest BCUT2D eigenvalue weighted by Gasteiger charge is -2.26. The minimum atomic E-state index is -2.60. The van der Waals surface area contributed by atoms with Gasteiger partial charge in [0.15, 0.2) is 0 Å². The molecule has 0 unspecified atom stereocenters. The molecule has 0 aliphatic heterocycles. The van der Waals surface area contributed by atoms with Crippen LogP contribution in [-0.4, -0.2) is 44.2 Å². The third-order valence-electron chi connectivity index (χ3n) is 3.26. The van der Waals surface area contributed by atoms with E-state index in [1.807, 2.05) is 25.1 Å². The van der Waals surface area contributed by atoms with Crippen molar-refractivity contribution in [1.82, 2.24) is 20.1 Å². The Hall–Kier alpha value is -2.16. The maximum Gasteiger partial charge on any atom is 0.255 e. The third-order valence-corrected chi connectivity index (χ3v) is 4.48. The van der Waals surface area contributed by atoms with Crippen molar-refractivity contribution in [3.8, 4) is 0 Å². The van der Waals surface area contributed by atoms with Gasteiger partial charge in [-0.3, -0.25) is 4.79 Å². The molecule has 1 heterocycles. The number of thioether (sulfide) groups is 1. The molecule has 1 atom stereocenters. The molecule has 0 spiro atoms. The lowest BCUT2D eigenvalue weighted by molar-refractivity contribution is -0.133. The fraction of sp³-hybridized carbons (Fsp3) is 0.400. The second kappa shape index (κ2) is 8.62. The number of halogens is 2. The van der Waals surface area contributed by atoms with Crippen LogP contribution in [0.1, 0.15) is 18.9 Å². The van der Waals surface area contributed by atoms with E-state index in [1.165, 1.54) is 4.90 Å². The number of carbonyl (C=O) groups is 1. The second-order valence-corrected chi connectivity index (χ2v) is 6.28. The standard InChI is InChI=1S/C15H19F2N5OS/c1-2-11(24-15-19-14(18)20-21-15)13(23)22(9-12(16)17)8-10-6-4-3-5-7-10/h3-7,11-12H,2,8-9H2,1H3,(H3,18,19,20,21)/t11-/m0/s1. The average Bonchev–Trinajstić information content (AvgIpc) is 2.97. The molecule has 24 heavy (non-hydrogen) atoms. The SMILES string of the molecule is CC[C@H](Sc1n[nH]c(N)n1)C(=O)N(Cc1ccccc1)CC(F)F. The number of nitrogen functional groups attached to an aromatic ring is 1. The minimum Gasteiger partial charge on any atom is -0.368 e. The molecule has 0 aliphatic rings. The number of benzene rings is 1. The maximum absolute atomic E-state index is 12.9. The molecule has 0 saturated carbocycles. The summed E-state index contributed by atoms with van der Waals surface area (Å²) in [6.07, 6.45) is -2.13. The molecule has 3 N–H and O–H groups in total. The normalized spacial score (nSPS) is 12.3. The summed E-state index contributed by atoms with van der Waals surface area (Å²) in [6.45, 7) is 1.34. The van der Waals surface area contributed by atoms with Gasteiger partial charge in [-0.15, -0.1) is 5.10 Å². The summed E-state index contributed by atoms with van der Waals surface area (Å²) >= 11 is 1.11. The van der Waals surface area contributed by atoms with Gasteiger partial charge in [0.2, 0.25) is 17.0 Å². The molecule has 0 bridgehead atoms. The minimum absolute atomic E-state index is 0.136. The number of nitrogens with two attached hydrogens (primary N) is 1. The van der Waals surface area contributed by atoms with E-state index >= 15 is 0 Å². The van der Waals surface area contributed by atoms with Crippen molar-refractivity contribution in [2.75, 3.05) is 12.3 Å². The topological polar surface area (TPSA) is 87.9 Å². The summed E-state index contributed by atoms with van der Waals surface area (Å²) in [5, 5.41) is 6.13. The first-order chi connectivity index (χ1) is 11.5. The van der Waals surface area contributed by atoms with Gasteiger partial charge in [0.05, 0.1) is 11.8 Å². The molecule has 0 fully saturated rings. The Morgan fingerprint density at radius 1 is 1.38 bits per heavy atom. The van der Waals surface area contributed by atoms with Gasteiger partial charge >= 0.3 is 0 Å². The molecule has 1 aromatic heterocycles. The Morgan fingerprint density at radius 3 is 2.62 bits per heavy atom. The largest absolute Gasteiger partial charge is 0.368 e. The van der Waals surface area contributed by atoms with Crippen molar-refractivity contribution in [3.63, 3.8) is 0 Å². The van der Waals surface area contributed by atoms with Crippen LogP contribution in [0.15, 0.2) is 35.5 Å². The maximum atomic E-state index is 12.9. The van der Waals surface area contributed by atoms with Crippen LogP contribution < -0.4 is 5.73 Å². The highest BCUT2D eigenvalue weighted by Gasteiger charge is 2.27. The predicted molar refractivity (Wildman–Crippen MR) is 88.6 cm³/mol. The van der Waals surface area contributed by atoms with E-state index in [0.29, 0.717) is 11.6 Å². The highest BCUT2D eigenvalue weighted by molar-refractivity contribution is 8.00. The molecule has 0 aliphatic carbocycles. The van der Waals surface area contributed by atoms with Crippen molar-refractivity contribution in [1.29, 1.82) is 0 Å². The molecule has 6 nitrogen and oxygen atoms in total. The quantitative estimate of drug-likeness (QED) is 0.711. The predicted octanol–water partition coefficient (Wildman–Crippen LogP) is 2.55. The van der Waals surface area contributed by atoms with Crippen molar-refractivity contribution < 1.29 is 13.6 Å². The van der Waals surface area contributed by atoms with Crippen LogP contribution in [0.3, 0.4) is 0 Å². The van der Waals surface area contributed by atoms with E-state index in [0.717, 1.165) is 17.3 Å². The van der Waals surface area contributed by atoms with Crippen LogP contribution in [-0.2, 0) is 11.3 Å². The number of anilines is 1. The second-order valence-electron chi connectivity index (χ2n) is 5.11. The highest BCUT2D eigenvalue weighted by Crippen LogP contribution is 2.25. The molecule has 130 valence electrons. The van der Waals surface area contributed by atoms with Crippen LogP contribution in [0.5, 0.6) is 0 Å². The highest BCUT2D eigenvalue weighted by atomic mass is 32.2. The van der Waals surface area contributed by atoms with E-state index in [9.17, 15) is 13.6 Å². The third kappa shape index (κ3) is 5.19. The van der Waals surface area contributed by atoms with E-state index in [-0.39, 0.29) is 18.4 Å². The Kier molecular flexibility index (Phi) is 6.53. The molecule has 1 amide bonds. The number of hydrogen-bond acceptors (Lipinski definition) is 5. The number of H-pyrrole nitrogens is 1. The van der Waals surface area contributed by atoms with Gasteiger partial charge in [0.25, 0.3) is 6.43 Å². The number of aromatic amines is 1. The lowest BCUT2D eigenvalue weighted by atomic mass is 10.2. The zero-order valence-electron chi connectivity index (χ0n) is 13.2. The summed E-state index contributed by atoms with van der Waals surface area (Å²) < 4.78 is 25.8. The van der Waals surface area contributed by atoms with E-state index in [2.05, 4.69) is 15.2 Å². The van der Waals surface area contributed by atoms with Crippen molar-refractivity contribution in [3.05, 3.63) is 35.9 Å². The number of nitrogens with one attached hydrogen (secondary N) is 1. The number of rotatable bonds is 8. The van der Waals surface area contributed by atoms with Gasteiger partial charge in [-0.1, -0.05) is 49.0 Å². The summed E-state index contributed by atoms with van der Waals surface area (Å²) in [4.78, 5) is 17.8. The summed E-state index contributed by atoms with van der Waals surface area (Å²) in [6, 6.07) is 9.05. The van der Waals surface area contributed by atoms with Gasteiger partial charge in [-0.05, 0) is 12.0 Å². The molecule has 9 heteroatoms. The molecule has 2 rings (SSSR count). The van der Waals surface area contributed by atoms with Crippen molar-refractivity contribution in [2.24, 2.45) is 0 Å². The zero-order chi connectivity index (χ0) is 17.5. The van der Waals surface area contributed by atoms with Crippen LogP contribution in [0.2, 0.25) is 0 Å². The van der Waals surface area contributed by atoms with Gasteiger partial charge in [0.1, 0.15) is 0 Å². The lowest BCUT2D eigenvalue weighted by Crippen LogP contribution is -2.40.